The molecule has 0 radical (unpaired) electrons. The molecule has 0 aliphatic rings. The third-order valence-corrected chi connectivity index (χ3v) is 4.59. The van der Waals surface area contributed by atoms with Crippen molar-refractivity contribution in [2.45, 2.75) is 0 Å². The molecule has 0 amide bonds. The minimum atomic E-state index is -0.175. The van der Waals surface area contributed by atoms with Gasteiger partial charge in [0.05, 0.1) is 16.8 Å². The van der Waals surface area contributed by atoms with E-state index < -0.39 is 0 Å². The van der Waals surface area contributed by atoms with Crippen LogP contribution in [0.15, 0.2) is 49.1 Å². The van der Waals surface area contributed by atoms with Crippen LogP contribution < -0.4 is 4.68 Å². The van der Waals surface area contributed by atoms with Crippen LogP contribution in [0.25, 0.3) is 22.2 Å². The zero-order valence-corrected chi connectivity index (χ0v) is 14.7. The van der Waals surface area contributed by atoms with Crippen molar-refractivity contribution in [3.8, 4) is 11.1 Å². The Bertz CT molecular complexity index is 1110. The molecule has 0 bridgehead atoms. The van der Waals surface area contributed by atoms with E-state index in [1.165, 1.54) is 0 Å². The first-order chi connectivity index (χ1) is 12.0. The van der Waals surface area contributed by atoms with Crippen molar-refractivity contribution in [1.29, 1.82) is 0 Å². The summed E-state index contributed by atoms with van der Waals surface area (Å²) in [7, 11) is 1.91. The molecule has 25 heavy (non-hydrogen) atoms. The number of H-pyrrole nitrogens is 2. The molecule has 0 saturated carbocycles. The van der Waals surface area contributed by atoms with Crippen LogP contribution in [0.4, 0.5) is 0 Å². The van der Waals surface area contributed by atoms with Gasteiger partial charge in [0.2, 0.25) is 6.20 Å². The van der Waals surface area contributed by atoms with Crippen molar-refractivity contribution in [2.75, 3.05) is 0 Å². The molecular weight excluding hydrogens is 359 g/mol. The largest absolute Gasteiger partial charge is 0.345 e. The van der Waals surface area contributed by atoms with Gasteiger partial charge < -0.3 is 4.98 Å². The first-order valence-corrected chi connectivity index (χ1v) is 8.30. The van der Waals surface area contributed by atoms with E-state index in [0.717, 1.165) is 16.5 Å². The summed E-state index contributed by atoms with van der Waals surface area (Å²) in [6.07, 6.45) is 7.26. The standard InChI is InChI=1S/C18H12Cl2N4O/c1-24-9-11(7-23-24)10-4-14-15(8-22-18(14)21-6-10)17(25)13-3-2-12(19)5-16(13)20/h2-9H,1H3,(H,21,22,25)/p+1. The highest BCUT2D eigenvalue weighted by atomic mass is 35.5. The number of benzene rings is 1. The smallest absolute Gasteiger partial charge is 0.202 e. The van der Waals surface area contributed by atoms with E-state index in [0.29, 0.717) is 26.8 Å². The molecule has 0 unspecified atom stereocenters. The van der Waals surface area contributed by atoms with Crippen molar-refractivity contribution in [2.24, 2.45) is 7.05 Å². The van der Waals surface area contributed by atoms with Crippen LogP contribution >= 0.6 is 23.2 Å². The third-order valence-electron chi connectivity index (χ3n) is 4.04. The Labute approximate surface area is 153 Å². The summed E-state index contributed by atoms with van der Waals surface area (Å²) in [5.74, 6) is -0.175. The quantitative estimate of drug-likeness (QED) is 0.423. The Morgan fingerprint density at radius 2 is 1.96 bits per heavy atom. The van der Waals surface area contributed by atoms with Gasteiger partial charge in [-0.3, -0.25) is 4.79 Å². The van der Waals surface area contributed by atoms with Crippen LogP contribution in [0.5, 0.6) is 0 Å². The highest BCUT2D eigenvalue weighted by molar-refractivity contribution is 6.38. The van der Waals surface area contributed by atoms with Gasteiger partial charge >= 0.3 is 0 Å². The van der Waals surface area contributed by atoms with Gasteiger partial charge in [0, 0.05) is 39.5 Å². The number of nitrogens with one attached hydrogen (secondary N) is 2. The first kappa shape index (κ1) is 15.9. The average Bonchev–Trinajstić information content (AvgIpc) is 3.20. The number of halogens is 2. The van der Waals surface area contributed by atoms with Crippen molar-refractivity contribution in [3.05, 3.63) is 70.2 Å². The van der Waals surface area contributed by atoms with E-state index in [9.17, 15) is 4.79 Å². The zero-order valence-electron chi connectivity index (χ0n) is 13.2. The second kappa shape index (κ2) is 6.02. The number of carbonyl (C=O) groups is 1. The number of ketones is 1. The van der Waals surface area contributed by atoms with Gasteiger partial charge in [-0.1, -0.05) is 23.2 Å². The normalized spacial score (nSPS) is 11.2. The SMILES string of the molecule is C[n+]1cc(-c2cnc3[nH]cc(C(=O)c4ccc(Cl)cc4Cl)c3c2)c[nH]1. The molecule has 0 aliphatic heterocycles. The minimum Gasteiger partial charge on any atom is -0.345 e. The first-order valence-electron chi connectivity index (χ1n) is 7.54. The molecular formula is C18H13Cl2N4O+. The summed E-state index contributed by atoms with van der Waals surface area (Å²) in [4.78, 5) is 20.4. The van der Waals surface area contributed by atoms with Crippen LogP contribution in [0.2, 0.25) is 10.0 Å². The number of hydrogen-bond donors (Lipinski definition) is 2. The number of pyridine rings is 1. The zero-order chi connectivity index (χ0) is 17.6. The maximum absolute atomic E-state index is 12.9. The number of carbonyl (C=O) groups excluding carboxylic acids is 1. The molecule has 0 saturated heterocycles. The topological polar surface area (TPSA) is 65.4 Å². The van der Waals surface area contributed by atoms with Gasteiger partial charge in [0.1, 0.15) is 5.65 Å². The molecule has 0 aliphatic carbocycles. The molecule has 0 fully saturated rings. The fraction of sp³-hybridized carbons (Fsp3) is 0.0556. The molecule has 124 valence electrons. The van der Waals surface area contributed by atoms with E-state index >= 15 is 0 Å². The number of hydrogen-bond acceptors (Lipinski definition) is 2. The second-order valence-corrected chi connectivity index (χ2v) is 6.59. The number of fused-ring (bicyclic) bond motifs is 1. The Hall–Kier alpha value is -2.63. The molecule has 0 spiro atoms. The lowest BCUT2D eigenvalue weighted by atomic mass is 10.0. The number of aryl methyl sites for hydroxylation is 1. The van der Waals surface area contributed by atoms with Crippen LogP contribution in [0, 0.1) is 0 Å². The highest BCUT2D eigenvalue weighted by Crippen LogP contribution is 2.28. The predicted molar refractivity (Wildman–Crippen MR) is 97.0 cm³/mol. The van der Waals surface area contributed by atoms with Crippen LogP contribution in [0.3, 0.4) is 0 Å². The Morgan fingerprint density at radius 1 is 1.12 bits per heavy atom. The number of nitrogens with zero attached hydrogens (tertiary/aromatic N) is 2. The molecule has 4 aromatic rings. The lowest BCUT2D eigenvalue weighted by Crippen LogP contribution is -2.27. The van der Waals surface area contributed by atoms with Gasteiger partial charge in [0.15, 0.2) is 12.8 Å². The summed E-state index contributed by atoms with van der Waals surface area (Å²) >= 11 is 12.1. The van der Waals surface area contributed by atoms with E-state index in [2.05, 4.69) is 15.1 Å². The van der Waals surface area contributed by atoms with Crippen LogP contribution in [0.1, 0.15) is 15.9 Å². The maximum Gasteiger partial charge on any atom is 0.202 e. The van der Waals surface area contributed by atoms with Crippen molar-refractivity contribution >= 4 is 40.0 Å². The number of rotatable bonds is 3. The van der Waals surface area contributed by atoms with E-state index in [1.807, 2.05) is 30.2 Å². The molecule has 3 aromatic heterocycles. The molecule has 5 nitrogen and oxygen atoms in total. The predicted octanol–water partition coefficient (Wildman–Crippen LogP) is 3.92. The molecule has 4 rings (SSSR count). The summed E-state index contributed by atoms with van der Waals surface area (Å²) in [5.41, 5.74) is 3.48. The van der Waals surface area contributed by atoms with E-state index in [1.54, 1.807) is 30.6 Å². The Balaban J connectivity index is 1.83. The summed E-state index contributed by atoms with van der Waals surface area (Å²) in [5, 5.41) is 4.63. The summed E-state index contributed by atoms with van der Waals surface area (Å²) in [6.45, 7) is 0. The number of aromatic amines is 2. The molecule has 3 heterocycles. The summed E-state index contributed by atoms with van der Waals surface area (Å²) < 4.78 is 1.84. The van der Waals surface area contributed by atoms with Crippen molar-refractivity contribution in [3.63, 3.8) is 0 Å². The minimum absolute atomic E-state index is 0.175. The van der Waals surface area contributed by atoms with Gasteiger partial charge in [-0.15, -0.1) is 4.68 Å². The van der Waals surface area contributed by atoms with Gasteiger partial charge in [-0.05, 0) is 24.3 Å². The molecule has 2 N–H and O–H groups in total. The lowest BCUT2D eigenvalue weighted by Gasteiger charge is -2.04. The Kier molecular flexibility index (Phi) is 3.82. The Morgan fingerprint density at radius 3 is 2.68 bits per heavy atom. The van der Waals surface area contributed by atoms with Crippen molar-refractivity contribution < 1.29 is 9.48 Å². The third kappa shape index (κ3) is 2.81. The second-order valence-electron chi connectivity index (χ2n) is 5.74. The fourth-order valence-electron chi connectivity index (χ4n) is 2.78. The molecule has 7 heteroatoms. The van der Waals surface area contributed by atoms with Gasteiger partial charge in [0.25, 0.3) is 0 Å². The van der Waals surface area contributed by atoms with E-state index in [4.69, 9.17) is 23.2 Å². The average molecular weight is 372 g/mol. The van der Waals surface area contributed by atoms with Crippen molar-refractivity contribution in [1.82, 2.24) is 15.1 Å². The maximum atomic E-state index is 12.9. The van der Waals surface area contributed by atoms with Gasteiger partial charge in [-0.25, -0.2) is 4.98 Å². The van der Waals surface area contributed by atoms with Gasteiger partial charge in [-0.2, -0.15) is 5.10 Å². The fourth-order valence-corrected chi connectivity index (χ4v) is 3.27. The molecule has 0 atom stereocenters. The summed E-state index contributed by atoms with van der Waals surface area (Å²) in [6, 6.07) is 6.79. The highest BCUT2D eigenvalue weighted by Gasteiger charge is 2.18. The molecule has 1 aromatic carbocycles. The number of aromatic nitrogens is 4. The van der Waals surface area contributed by atoms with Crippen LogP contribution in [-0.4, -0.2) is 20.8 Å². The lowest BCUT2D eigenvalue weighted by molar-refractivity contribution is -0.726. The van der Waals surface area contributed by atoms with Crippen LogP contribution in [-0.2, 0) is 7.05 Å². The van der Waals surface area contributed by atoms with E-state index in [-0.39, 0.29) is 5.78 Å². The monoisotopic (exact) mass is 371 g/mol.